The lowest BCUT2D eigenvalue weighted by Gasteiger charge is -2.34. The fourth-order valence-corrected chi connectivity index (χ4v) is 3.84. The number of thiazole rings is 1. The van der Waals surface area contributed by atoms with Crippen LogP contribution >= 0.6 is 11.3 Å². The Morgan fingerprint density at radius 2 is 1.79 bits per heavy atom. The Bertz CT molecular complexity index is 1010. The second kappa shape index (κ2) is 7.47. The number of hydrogen-bond donors (Lipinski definition) is 0. The molecule has 1 fully saturated rings. The summed E-state index contributed by atoms with van der Waals surface area (Å²) in [5, 5.41) is 6.30. The lowest BCUT2D eigenvalue weighted by molar-refractivity contribution is -0.159. The van der Waals surface area contributed by atoms with Crippen LogP contribution < -0.4 is 4.90 Å². The van der Waals surface area contributed by atoms with Gasteiger partial charge in [0.25, 0.3) is 5.91 Å². The Hall–Kier alpha value is -2.95. The molecule has 3 aromatic rings. The molecule has 0 saturated carbocycles. The first-order valence-electron chi connectivity index (χ1n) is 8.79. The molecule has 152 valence electrons. The van der Waals surface area contributed by atoms with Crippen LogP contribution in [-0.2, 0) is 6.18 Å². The summed E-state index contributed by atoms with van der Waals surface area (Å²) in [4.78, 5) is 24.4. The number of piperazine rings is 1. The van der Waals surface area contributed by atoms with Crippen LogP contribution in [0.1, 0.15) is 21.9 Å². The normalized spacial score (nSPS) is 15.0. The molecule has 2 aromatic heterocycles. The minimum Gasteiger partial charge on any atom is -0.345 e. The van der Waals surface area contributed by atoms with Gasteiger partial charge in [0.05, 0.1) is 5.69 Å². The number of rotatable bonds is 3. The number of amides is 1. The summed E-state index contributed by atoms with van der Waals surface area (Å²) in [7, 11) is 0. The summed E-state index contributed by atoms with van der Waals surface area (Å²) < 4.78 is 42.0. The van der Waals surface area contributed by atoms with Crippen LogP contribution in [0.5, 0.6) is 0 Å². The Balaban J connectivity index is 1.40. The third-order valence-corrected chi connectivity index (χ3v) is 5.52. The van der Waals surface area contributed by atoms with Crippen molar-refractivity contribution < 1.29 is 22.5 Å². The molecule has 11 heteroatoms. The first kappa shape index (κ1) is 19.4. The van der Waals surface area contributed by atoms with E-state index in [1.807, 2.05) is 12.3 Å². The number of benzene rings is 1. The van der Waals surface area contributed by atoms with Crippen LogP contribution in [-0.4, -0.2) is 52.1 Å². The summed E-state index contributed by atoms with van der Waals surface area (Å²) in [6.45, 7) is 4.47. The predicted octanol–water partition coefficient (Wildman–Crippen LogP) is 3.48. The van der Waals surface area contributed by atoms with E-state index in [2.05, 4.69) is 24.5 Å². The van der Waals surface area contributed by atoms with Gasteiger partial charge in [0.15, 0.2) is 5.13 Å². The number of carbonyl (C=O) groups excluding carboxylic acids is 1. The minimum atomic E-state index is -4.69. The third kappa shape index (κ3) is 4.09. The number of halogens is 3. The Labute approximate surface area is 167 Å². The van der Waals surface area contributed by atoms with Gasteiger partial charge in [0.1, 0.15) is 0 Å². The molecule has 4 rings (SSSR count). The van der Waals surface area contributed by atoms with Gasteiger partial charge in [0, 0.05) is 42.7 Å². The molecule has 29 heavy (non-hydrogen) atoms. The molecule has 0 bridgehead atoms. The van der Waals surface area contributed by atoms with Gasteiger partial charge in [-0.15, -0.1) is 11.3 Å². The molecule has 1 aliphatic rings. The van der Waals surface area contributed by atoms with Gasteiger partial charge < -0.3 is 14.3 Å². The third-order valence-electron chi connectivity index (χ3n) is 4.50. The summed E-state index contributed by atoms with van der Waals surface area (Å²) in [6.07, 6.45) is -4.69. The van der Waals surface area contributed by atoms with E-state index < -0.39 is 12.1 Å². The summed E-state index contributed by atoms with van der Waals surface area (Å²) in [6, 6.07) is 6.12. The van der Waals surface area contributed by atoms with Gasteiger partial charge in [-0.2, -0.15) is 18.2 Å². The second-order valence-corrected chi connectivity index (χ2v) is 7.39. The maximum atomic E-state index is 12.7. The van der Waals surface area contributed by atoms with Crippen molar-refractivity contribution in [3.63, 3.8) is 0 Å². The highest BCUT2D eigenvalue weighted by molar-refractivity contribution is 7.13. The molecule has 1 aromatic carbocycles. The number of carbonyl (C=O) groups is 1. The van der Waals surface area contributed by atoms with Gasteiger partial charge >= 0.3 is 12.1 Å². The van der Waals surface area contributed by atoms with Crippen molar-refractivity contribution in [1.29, 1.82) is 0 Å². The maximum absolute atomic E-state index is 12.7. The Kier molecular flexibility index (Phi) is 4.99. The second-order valence-electron chi connectivity index (χ2n) is 6.55. The van der Waals surface area contributed by atoms with E-state index in [1.54, 1.807) is 28.4 Å². The monoisotopic (exact) mass is 423 g/mol. The molecular formula is C18H16F3N5O2S. The summed E-state index contributed by atoms with van der Waals surface area (Å²) in [5.41, 5.74) is 1.77. The topological polar surface area (TPSA) is 75.4 Å². The van der Waals surface area contributed by atoms with Crippen molar-refractivity contribution in [2.45, 2.75) is 13.1 Å². The van der Waals surface area contributed by atoms with Gasteiger partial charge in [0.2, 0.25) is 5.82 Å². The highest BCUT2D eigenvalue weighted by Gasteiger charge is 2.38. The zero-order valence-electron chi connectivity index (χ0n) is 15.3. The van der Waals surface area contributed by atoms with E-state index in [4.69, 9.17) is 0 Å². The summed E-state index contributed by atoms with van der Waals surface area (Å²) >= 11 is 1.59. The van der Waals surface area contributed by atoms with Crippen molar-refractivity contribution in [2.75, 3.05) is 31.1 Å². The lowest BCUT2D eigenvalue weighted by Crippen LogP contribution is -2.48. The van der Waals surface area contributed by atoms with Crippen LogP contribution in [0.4, 0.5) is 18.3 Å². The van der Waals surface area contributed by atoms with E-state index in [0.717, 1.165) is 10.8 Å². The smallest absolute Gasteiger partial charge is 0.345 e. The molecule has 7 nitrogen and oxygen atoms in total. The molecule has 3 heterocycles. The first-order chi connectivity index (χ1) is 13.8. The highest BCUT2D eigenvalue weighted by atomic mass is 32.1. The first-order valence-corrected chi connectivity index (χ1v) is 9.67. The van der Waals surface area contributed by atoms with Crippen molar-refractivity contribution in [2.24, 2.45) is 0 Å². The predicted molar refractivity (Wildman–Crippen MR) is 99.7 cm³/mol. The number of alkyl halides is 3. The highest BCUT2D eigenvalue weighted by Crippen LogP contribution is 2.29. The standard InChI is InChI=1S/C18H16F3N5O2S/c1-11-10-29-17(22-11)26-8-6-25(7-9-26)15(27)13-4-2-12(3-5-13)14-23-16(28-24-14)18(19,20)21/h2-5,10H,6-9H2,1H3. The zero-order valence-corrected chi connectivity index (χ0v) is 16.1. The number of nitrogens with zero attached hydrogens (tertiary/aromatic N) is 5. The fourth-order valence-electron chi connectivity index (χ4n) is 2.99. The molecule has 1 aliphatic heterocycles. The molecule has 0 N–H and O–H groups in total. The minimum absolute atomic E-state index is 0.129. The Morgan fingerprint density at radius 1 is 1.10 bits per heavy atom. The van der Waals surface area contributed by atoms with Gasteiger partial charge in [-0.05, 0) is 19.1 Å². The Morgan fingerprint density at radius 3 is 2.34 bits per heavy atom. The van der Waals surface area contributed by atoms with E-state index >= 15 is 0 Å². The number of aromatic nitrogens is 3. The van der Waals surface area contributed by atoms with Crippen LogP contribution in [0.15, 0.2) is 34.2 Å². The van der Waals surface area contributed by atoms with Crippen molar-refractivity contribution in [1.82, 2.24) is 20.0 Å². The van der Waals surface area contributed by atoms with Gasteiger partial charge in [-0.1, -0.05) is 17.3 Å². The molecule has 0 unspecified atom stereocenters. The van der Waals surface area contributed by atoms with Crippen molar-refractivity contribution in [3.05, 3.63) is 46.8 Å². The van der Waals surface area contributed by atoms with E-state index in [1.165, 1.54) is 12.1 Å². The number of anilines is 1. The summed E-state index contributed by atoms with van der Waals surface area (Å²) in [5.74, 6) is -1.71. The largest absolute Gasteiger partial charge is 0.471 e. The van der Waals surface area contributed by atoms with Crippen LogP contribution in [0.2, 0.25) is 0 Å². The molecule has 0 atom stereocenters. The van der Waals surface area contributed by atoms with Crippen molar-refractivity contribution in [3.8, 4) is 11.4 Å². The number of hydrogen-bond acceptors (Lipinski definition) is 7. The molecule has 1 saturated heterocycles. The number of aryl methyl sites for hydroxylation is 1. The molecule has 0 spiro atoms. The molecule has 0 radical (unpaired) electrons. The van der Waals surface area contributed by atoms with Gasteiger partial charge in [-0.25, -0.2) is 4.98 Å². The van der Waals surface area contributed by atoms with Crippen LogP contribution in [0.25, 0.3) is 11.4 Å². The fraction of sp³-hybridized carbons (Fsp3) is 0.333. The zero-order chi connectivity index (χ0) is 20.6. The average molecular weight is 423 g/mol. The van der Waals surface area contributed by atoms with Crippen LogP contribution in [0.3, 0.4) is 0 Å². The maximum Gasteiger partial charge on any atom is 0.471 e. The molecular weight excluding hydrogens is 407 g/mol. The SMILES string of the molecule is Cc1csc(N2CCN(C(=O)c3ccc(-c4noc(C(F)(F)F)n4)cc3)CC2)n1. The van der Waals surface area contributed by atoms with E-state index in [9.17, 15) is 18.0 Å². The average Bonchev–Trinajstić information content (AvgIpc) is 3.37. The van der Waals surface area contributed by atoms with E-state index in [0.29, 0.717) is 37.3 Å². The quantitative estimate of drug-likeness (QED) is 0.642. The van der Waals surface area contributed by atoms with Crippen LogP contribution in [0, 0.1) is 6.92 Å². The lowest BCUT2D eigenvalue weighted by atomic mass is 10.1. The molecule has 0 aliphatic carbocycles. The molecule has 1 amide bonds. The van der Waals surface area contributed by atoms with E-state index in [-0.39, 0.29) is 11.7 Å². The van der Waals surface area contributed by atoms with Crippen molar-refractivity contribution >= 4 is 22.4 Å². The van der Waals surface area contributed by atoms with Gasteiger partial charge in [-0.3, -0.25) is 4.79 Å².